The van der Waals surface area contributed by atoms with Crippen LogP contribution in [0.4, 0.5) is 10.1 Å². The zero-order valence-electron chi connectivity index (χ0n) is 13.5. The summed E-state index contributed by atoms with van der Waals surface area (Å²) in [6.45, 7) is 5.84. The highest BCUT2D eigenvalue weighted by atomic mass is 19.1. The fourth-order valence-electron chi connectivity index (χ4n) is 3.20. The van der Waals surface area contributed by atoms with Gasteiger partial charge in [0, 0.05) is 31.3 Å². The number of amides is 2. The summed E-state index contributed by atoms with van der Waals surface area (Å²) in [6, 6.07) is 4.64. The molecule has 0 spiro atoms. The summed E-state index contributed by atoms with van der Waals surface area (Å²) >= 11 is 0. The Morgan fingerprint density at radius 1 is 1.30 bits per heavy atom. The average molecular weight is 316 g/mol. The fraction of sp³-hybridized carbons (Fsp3) is 0.444. The lowest BCUT2D eigenvalue weighted by atomic mass is 10.1. The van der Waals surface area contributed by atoms with Crippen LogP contribution in [0.1, 0.15) is 32.3 Å². The van der Waals surface area contributed by atoms with E-state index in [1.807, 2.05) is 13.8 Å². The van der Waals surface area contributed by atoms with Gasteiger partial charge in [0.05, 0.1) is 11.3 Å². The van der Waals surface area contributed by atoms with E-state index in [9.17, 15) is 14.0 Å². The molecule has 0 saturated carbocycles. The van der Waals surface area contributed by atoms with Gasteiger partial charge in [-0.2, -0.15) is 0 Å². The largest absolute Gasteiger partial charge is 0.339 e. The van der Waals surface area contributed by atoms with Crippen molar-refractivity contribution < 1.29 is 14.0 Å². The summed E-state index contributed by atoms with van der Waals surface area (Å²) in [5.41, 5.74) is 1.12. The van der Waals surface area contributed by atoms with Crippen molar-refractivity contribution in [3.8, 4) is 0 Å². The number of carbonyl (C=O) groups excluding carboxylic acids is 2. The van der Waals surface area contributed by atoms with E-state index in [1.165, 1.54) is 17.0 Å². The predicted octanol–water partition coefficient (Wildman–Crippen LogP) is 2.83. The van der Waals surface area contributed by atoms with Gasteiger partial charge in [0.15, 0.2) is 0 Å². The van der Waals surface area contributed by atoms with Gasteiger partial charge in [-0.15, -0.1) is 0 Å². The molecule has 0 aromatic heterocycles. The first kappa shape index (κ1) is 15.7. The highest BCUT2D eigenvalue weighted by Crippen LogP contribution is 2.39. The number of rotatable bonds is 3. The second kappa shape index (κ2) is 6.14. The summed E-state index contributed by atoms with van der Waals surface area (Å²) in [7, 11) is 0. The van der Waals surface area contributed by atoms with Crippen LogP contribution >= 0.6 is 0 Å². The molecule has 1 saturated heterocycles. The Labute approximate surface area is 135 Å². The van der Waals surface area contributed by atoms with E-state index in [0.717, 1.165) is 25.9 Å². The second-order valence-corrected chi connectivity index (χ2v) is 6.54. The Morgan fingerprint density at radius 3 is 2.65 bits per heavy atom. The van der Waals surface area contributed by atoms with Gasteiger partial charge >= 0.3 is 0 Å². The van der Waals surface area contributed by atoms with Crippen LogP contribution in [-0.2, 0) is 9.59 Å². The van der Waals surface area contributed by atoms with Crippen LogP contribution in [-0.4, -0.2) is 36.3 Å². The number of likely N-dealkylation sites (tertiary alicyclic amines) is 1. The number of halogens is 1. The smallest absolute Gasteiger partial charge is 0.259 e. The molecule has 23 heavy (non-hydrogen) atoms. The highest BCUT2D eigenvalue weighted by molar-refractivity contribution is 6.34. The van der Waals surface area contributed by atoms with Crippen LogP contribution in [0.2, 0.25) is 0 Å². The first-order valence-corrected chi connectivity index (χ1v) is 8.10. The van der Waals surface area contributed by atoms with Crippen LogP contribution in [0.15, 0.2) is 24.3 Å². The molecule has 122 valence electrons. The van der Waals surface area contributed by atoms with Crippen molar-refractivity contribution in [2.45, 2.75) is 26.7 Å². The first-order chi connectivity index (χ1) is 11.0. The molecule has 0 aliphatic carbocycles. The Kier molecular flexibility index (Phi) is 4.20. The van der Waals surface area contributed by atoms with Gasteiger partial charge in [0.25, 0.3) is 5.91 Å². The van der Waals surface area contributed by atoms with Gasteiger partial charge in [0.2, 0.25) is 5.91 Å². The zero-order chi connectivity index (χ0) is 16.6. The van der Waals surface area contributed by atoms with Crippen molar-refractivity contribution in [3.63, 3.8) is 0 Å². The normalized spacial score (nSPS) is 19.1. The number of benzene rings is 1. The van der Waals surface area contributed by atoms with Crippen molar-refractivity contribution in [1.29, 1.82) is 0 Å². The molecular weight excluding hydrogens is 295 g/mol. The topological polar surface area (TPSA) is 40.6 Å². The van der Waals surface area contributed by atoms with Gasteiger partial charge in [-0.3, -0.25) is 9.59 Å². The third kappa shape index (κ3) is 2.87. The molecule has 1 aromatic carbocycles. The number of carbonyl (C=O) groups is 2. The standard InChI is InChI=1S/C18H21FN2O2/c1-12(2)11-21-17-13(6-5-7-15(17)19)14(18(21)23)10-16(22)20-8-3-4-9-20/h5-7,10,12H,3-4,8-9,11H2,1-2H3/b14-10+. The second-order valence-electron chi connectivity index (χ2n) is 6.54. The van der Waals surface area contributed by atoms with Crippen molar-refractivity contribution in [2.24, 2.45) is 5.92 Å². The summed E-state index contributed by atoms with van der Waals surface area (Å²) in [5.74, 6) is -0.660. The molecule has 0 bridgehead atoms. The summed E-state index contributed by atoms with van der Waals surface area (Å²) < 4.78 is 14.3. The molecule has 1 aromatic rings. The lowest BCUT2D eigenvalue weighted by Gasteiger charge is -2.19. The van der Waals surface area contributed by atoms with Crippen molar-refractivity contribution in [3.05, 3.63) is 35.7 Å². The fourth-order valence-corrected chi connectivity index (χ4v) is 3.20. The molecule has 0 unspecified atom stereocenters. The van der Waals surface area contributed by atoms with Crippen LogP contribution < -0.4 is 4.90 Å². The molecule has 0 radical (unpaired) electrons. The molecule has 0 atom stereocenters. The van der Waals surface area contributed by atoms with Crippen molar-refractivity contribution >= 4 is 23.1 Å². The predicted molar refractivity (Wildman–Crippen MR) is 87.4 cm³/mol. The van der Waals surface area contributed by atoms with Gasteiger partial charge in [-0.1, -0.05) is 26.0 Å². The van der Waals surface area contributed by atoms with E-state index in [-0.39, 0.29) is 17.7 Å². The zero-order valence-corrected chi connectivity index (χ0v) is 13.5. The lowest BCUT2D eigenvalue weighted by molar-refractivity contribution is -0.125. The maximum Gasteiger partial charge on any atom is 0.259 e. The molecule has 2 aliphatic heterocycles. The summed E-state index contributed by atoms with van der Waals surface area (Å²) in [6.07, 6.45) is 3.37. The quantitative estimate of drug-likeness (QED) is 0.805. The summed E-state index contributed by atoms with van der Waals surface area (Å²) in [5, 5.41) is 0. The molecule has 2 heterocycles. The molecule has 4 nitrogen and oxygen atoms in total. The average Bonchev–Trinajstić information content (AvgIpc) is 3.11. The van der Waals surface area contributed by atoms with Gasteiger partial charge < -0.3 is 9.80 Å². The molecule has 0 N–H and O–H groups in total. The van der Waals surface area contributed by atoms with Gasteiger partial charge in [-0.05, 0) is 24.8 Å². The summed E-state index contributed by atoms with van der Waals surface area (Å²) in [4.78, 5) is 28.3. The Morgan fingerprint density at radius 2 is 2.00 bits per heavy atom. The van der Waals surface area contributed by atoms with Crippen LogP contribution in [0.5, 0.6) is 0 Å². The number of fused-ring (bicyclic) bond motifs is 1. The molecular formula is C18H21FN2O2. The van der Waals surface area contributed by atoms with Crippen LogP contribution in [0, 0.1) is 11.7 Å². The number of hydrogen-bond donors (Lipinski definition) is 0. The van der Waals surface area contributed by atoms with E-state index in [2.05, 4.69) is 0 Å². The van der Waals surface area contributed by atoms with E-state index in [0.29, 0.717) is 23.4 Å². The van der Waals surface area contributed by atoms with Gasteiger partial charge in [-0.25, -0.2) is 4.39 Å². The lowest BCUT2D eigenvalue weighted by Crippen LogP contribution is -2.31. The van der Waals surface area contributed by atoms with E-state index in [1.54, 1.807) is 17.0 Å². The number of hydrogen-bond acceptors (Lipinski definition) is 2. The molecule has 3 rings (SSSR count). The Bertz CT molecular complexity index is 676. The Hall–Kier alpha value is -2.17. The van der Waals surface area contributed by atoms with Crippen molar-refractivity contribution in [2.75, 3.05) is 24.5 Å². The maximum absolute atomic E-state index is 14.3. The maximum atomic E-state index is 14.3. The van der Waals surface area contributed by atoms with E-state index in [4.69, 9.17) is 0 Å². The number of nitrogens with zero attached hydrogens (tertiary/aromatic N) is 2. The monoisotopic (exact) mass is 316 g/mol. The minimum absolute atomic E-state index is 0.160. The minimum Gasteiger partial charge on any atom is -0.339 e. The minimum atomic E-state index is -0.423. The molecule has 2 aliphatic rings. The van der Waals surface area contributed by atoms with Crippen molar-refractivity contribution in [1.82, 2.24) is 4.90 Å². The third-order valence-corrected chi connectivity index (χ3v) is 4.26. The molecule has 2 amide bonds. The number of anilines is 1. The van der Waals surface area contributed by atoms with Crippen LogP contribution in [0.3, 0.4) is 0 Å². The van der Waals surface area contributed by atoms with E-state index < -0.39 is 5.82 Å². The Balaban J connectivity index is 2.00. The molecule has 1 fully saturated rings. The highest BCUT2D eigenvalue weighted by Gasteiger charge is 2.35. The number of para-hydroxylation sites is 1. The molecule has 5 heteroatoms. The SMILES string of the molecule is CC(C)CN1C(=O)/C(=C/C(=O)N2CCCC2)c2cccc(F)c21. The third-order valence-electron chi connectivity index (χ3n) is 4.26. The van der Waals surface area contributed by atoms with Gasteiger partial charge in [0.1, 0.15) is 5.82 Å². The first-order valence-electron chi connectivity index (χ1n) is 8.10. The van der Waals surface area contributed by atoms with E-state index >= 15 is 0 Å². The van der Waals surface area contributed by atoms with Crippen LogP contribution in [0.25, 0.3) is 5.57 Å².